The van der Waals surface area contributed by atoms with Crippen molar-refractivity contribution in [2.75, 3.05) is 6.61 Å². The molecule has 1 saturated heterocycles. The molecule has 1 N–H and O–H groups in total. The summed E-state index contributed by atoms with van der Waals surface area (Å²) in [6, 6.07) is 13.8. The van der Waals surface area contributed by atoms with Crippen molar-refractivity contribution in [3.05, 3.63) is 66.2 Å². The quantitative estimate of drug-likeness (QED) is 0.741. The average molecular weight is 374 g/mol. The lowest BCUT2D eigenvalue weighted by Gasteiger charge is -2.12. The molecule has 1 aliphatic rings. The van der Waals surface area contributed by atoms with E-state index >= 15 is 0 Å². The Balaban J connectivity index is 1.52. The maximum Gasteiger partial charge on any atom is 0.249 e. The summed E-state index contributed by atoms with van der Waals surface area (Å²) in [6.45, 7) is 3.03. The zero-order chi connectivity index (χ0) is 19.3. The van der Waals surface area contributed by atoms with Crippen molar-refractivity contribution in [2.45, 2.75) is 32.4 Å². The van der Waals surface area contributed by atoms with Gasteiger partial charge >= 0.3 is 0 Å². The Morgan fingerprint density at radius 3 is 2.75 bits per heavy atom. The monoisotopic (exact) mass is 374 g/mol. The number of hydrogen-bond acceptors (Lipinski definition) is 5. The van der Waals surface area contributed by atoms with E-state index in [1.165, 1.54) is 0 Å². The van der Waals surface area contributed by atoms with Gasteiger partial charge in [0, 0.05) is 36.7 Å². The number of carbonyl (C=O) groups is 1. The van der Waals surface area contributed by atoms with Crippen molar-refractivity contribution in [1.29, 1.82) is 0 Å². The normalized spacial score (nSPS) is 16.1. The van der Waals surface area contributed by atoms with Crippen molar-refractivity contribution in [2.24, 2.45) is 0 Å². The van der Waals surface area contributed by atoms with Gasteiger partial charge in [0.2, 0.25) is 5.91 Å². The fourth-order valence-corrected chi connectivity index (χ4v) is 3.27. The number of benzene rings is 1. The lowest BCUT2D eigenvalue weighted by Crippen LogP contribution is -2.33. The van der Waals surface area contributed by atoms with Crippen molar-refractivity contribution in [3.8, 4) is 22.5 Å². The van der Waals surface area contributed by atoms with Gasteiger partial charge in [-0.25, -0.2) is 9.97 Å². The van der Waals surface area contributed by atoms with Crippen LogP contribution in [0.15, 0.2) is 54.9 Å². The first-order valence-corrected chi connectivity index (χ1v) is 9.44. The van der Waals surface area contributed by atoms with Crippen LogP contribution in [0.25, 0.3) is 22.5 Å². The molecule has 6 heteroatoms. The van der Waals surface area contributed by atoms with Crippen LogP contribution in [0.5, 0.6) is 0 Å². The fraction of sp³-hybridized carbons (Fsp3) is 0.273. The predicted octanol–water partition coefficient (Wildman–Crippen LogP) is 3.31. The van der Waals surface area contributed by atoms with Crippen LogP contribution in [-0.2, 0) is 16.1 Å². The number of aryl methyl sites for hydroxylation is 1. The molecule has 142 valence electrons. The Bertz CT molecular complexity index is 952. The van der Waals surface area contributed by atoms with E-state index < -0.39 is 0 Å². The summed E-state index contributed by atoms with van der Waals surface area (Å²) in [5.41, 5.74) is 4.60. The van der Waals surface area contributed by atoms with Crippen LogP contribution in [0, 0.1) is 6.92 Å². The van der Waals surface area contributed by atoms with Gasteiger partial charge in [-0.3, -0.25) is 9.78 Å². The third kappa shape index (κ3) is 4.07. The number of nitrogens with one attached hydrogen (secondary N) is 1. The molecule has 0 saturated carbocycles. The van der Waals surface area contributed by atoms with E-state index in [1.807, 2.05) is 55.6 Å². The molecule has 4 rings (SSSR count). The first-order valence-electron chi connectivity index (χ1n) is 9.44. The first kappa shape index (κ1) is 18.3. The van der Waals surface area contributed by atoms with E-state index in [4.69, 9.17) is 4.74 Å². The smallest absolute Gasteiger partial charge is 0.249 e. The molecule has 1 amide bonds. The lowest BCUT2D eigenvalue weighted by molar-refractivity contribution is -0.130. The van der Waals surface area contributed by atoms with Gasteiger partial charge in [-0.2, -0.15) is 0 Å². The summed E-state index contributed by atoms with van der Waals surface area (Å²) >= 11 is 0. The highest BCUT2D eigenvalue weighted by Gasteiger charge is 2.23. The largest absolute Gasteiger partial charge is 0.368 e. The van der Waals surface area contributed by atoms with Gasteiger partial charge in [0.05, 0.1) is 11.4 Å². The lowest BCUT2D eigenvalue weighted by atomic mass is 10.0. The van der Waals surface area contributed by atoms with Crippen LogP contribution in [0.4, 0.5) is 0 Å². The molecule has 3 heterocycles. The number of hydrogen-bond donors (Lipinski definition) is 1. The van der Waals surface area contributed by atoms with E-state index in [2.05, 4.69) is 20.3 Å². The number of amides is 1. The van der Waals surface area contributed by atoms with Crippen molar-refractivity contribution in [1.82, 2.24) is 20.3 Å². The van der Waals surface area contributed by atoms with Gasteiger partial charge in [-0.05, 0) is 37.5 Å². The number of aromatic nitrogens is 3. The number of rotatable bonds is 5. The molecule has 1 aliphatic heterocycles. The molecule has 1 fully saturated rings. The molecule has 3 aromatic rings. The zero-order valence-corrected chi connectivity index (χ0v) is 15.8. The molecule has 0 aliphatic carbocycles. The number of nitrogens with zero attached hydrogens (tertiary/aromatic N) is 3. The first-order chi connectivity index (χ1) is 13.7. The molecule has 0 spiro atoms. The SMILES string of the molecule is Cc1ncc(-c2ccccn2)c(-c2ccc(CNC(=O)[C@H]3CCCO3)cc2)n1. The molecule has 6 nitrogen and oxygen atoms in total. The maximum absolute atomic E-state index is 12.1. The minimum atomic E-state index is -0.302. The van der Waals surface area contributed by atoms with E-state index in [0.717, 1.165) is 40.9 Å². The average Bonchev–Trinajstić information content (AvgIpc) is 3.28. The summed E-state index contributed by atoms with van der Waals surface area (Å²) < 4.78 is 5.41. The third-order valence-electron chi connectivity index (χ3n) is 4.77. The summed E-state index contributed by atoms with van der Waals surface area (Å²) in [5, 5.41) is 2.95. The van der Waals surface area contributed by atoms with E-state index in [0.29, 0.717) is 19.0 Å². The molecular formula is C22H22N4O2. The Morgan fingerprint density at radius 2 is 2.04 bits per heavy atom. The molecule has 0 bridgehead atoms. The van der Waals surface area contributed by atoms with Crippen molar-refractivity contribution in [3.63, 3.8) is 0 Å². The summed E-state index contributed by atoms with van der Waals surface area (Å²) in [7, 11) is 0. The van der Waals surface area contributed by atoms with Crippen LogP contribution in [0.2, 0.25) is 0 Å². The van der Waals surface area contributed by atoms with Gasteiger partial charge in [-0.15, -0.1) is 0 Å². The van der Waals surface area contributed by atoms with Crippen LogP contribution in [0.1, 0.15) is 24.2 Å². The highest BCUT2D eigenvalue weighted by Crippen LogP contribution is 2.28. The maximum atomic E-state index is 12.1. The van der Waals surface area contributed by atoms with Crippen LogP contribution < -0.4 is 5.32 Å². The molecular weight excluding hydrogens is 352 g/mol. The van der Waals surface area contributed by atoms with Gasteiger partial charge in [0.1, 0.15) is 11.9 Å². The highest BCUT2D eigenvalue weighted by molar-refractivity contribution is 5.81. The number of pyridine rings is 1. The fourth-order valence-electron chi connectivity index (χ4n) is 3.27. The minimum Gasteiger partial charge on any atom is -0.368 e. The van der Waals surface area contributed by atoms with Gasteiger partial charge in [-0.1, -0.05) is 30.3 Å². The summed E-state index contributed by atoms with van der Waals surface area (Å²) in [4.78, 5) is 25.5. The van der Waals surface area contributed by atoms with E-state index in [-0.39, 0.29) is 12.0 Å². The number of ether oxygens (including phenoxy) is 1. The molecule has 1 aromatic carbocycles. The molecule has 0 radical (unpaired) electrons. The Kier molecular flexibility index (Phi) is 5.39. The second-order valence-corrected chi connectivity index (χ2v) is 6.81. The van der Waals surface area contributed by atoms with Gasteiger partial charge in [0.15, 0.2) is 0 Å². The van der Waals surface area contributed by atoms with E-state index in [1.54, 1.807) is 6.20 Å². The van der Waals surface area contributed by atoms with Gasteiger partial charge in [0.25, 0.3) is 0 Å². The molecule has 2 aromatic heterocycles. The van der Waals surface area contributed by atoms with Crippen molar-refractivity contribution >= 4 is 5.91 Å². The van der Waals surface area contributed by atoms with E-state index in [9.17, 15) is 4.79 Å². The second kappa shape index (κ2) is 8.27. The number of carbonyl (C=O) groups excluding carboxylic acids is 1. The molecule has 1 atom stereocenters. The molecule has 0 unspecified atom stereocenters. The Labute approximate surface area is 164 Å². The molecule has 28 heavy (non-hydrogen) atoms. The zero-order valence-electron chi connectivity index (χ0n) is 15.8. The highest BCUT2D eigenvalue weighted by atomic mass is 16.5. The Morgan fingerprint density at radius 1 is 1.18 bits per heavy atom. The summed E-state index contributed by atoms with van der Waals surface area (Å²) in [6.07, 6.45) is 5.02. The van der Waals surface area contributed by atoms with Crippen LogP contribution >= 0.6 is 0 Å². The van der Waals surface area contributed by atoms with Crippen LogP contribution in [-0.4, -0.2) is 33.6 Å². The third-order valence-corrected chi connectivity index (χ3v) is 4.77. The topological polar surface area (TPSA) is 77.0 Å². The second-order valence-electron chi connectivity index (χ2n) is 6.81. The van der Waals surface area contributed by atoms with Crippen molar-refractivity contribution < 1.29 is 9.53 Å². The van der Waals surface area contributed by atoms with Crippen LogP contribution in [0.3, 0.4) is 0 Å². The standard InChI is InChI=1S/C22H22N4O2/c1-15-24-14-18(19-5-2-3-11-23-19)21(26-15)17-9-7-16(8-10-17)13-25-22(27)20-6-4-12-28-20/h2-3,5,7-11,14,20H,4,6,12-13H2,1H3,(H,25,27)/t20-/m1/s1. The van der Waals surface area contributed by atoms with Gasteiger partial charge < -0.3 is 10.1 Å². The Hall–Kier alpha value is -3.12. The predicted molar refractivity (Wildman–Crippen MR) is 106 cm³/mol. The minimum absolute atomic E-state index is 0.0366. The summed E-state index contributed by atoms with van der Waals surface area (Å²) in [5.74, 6) is 0.674.